The van der Waals surface area contributed by atoms with Gasteiger partial charge in [0.15, 0.2) is 0 Å². The van der Waals surface area contributed by atoms with E-state index in [4.69, 9.17) is 26.8 Å². The summed E-state index contributed by atoms with van der Waals surface area (Å²) >= 11 is 6.28. The second-order valence-electron chi connectivity index (χ2n) is 7.97. The molecular weight excluding hydrogens is 437 g/mol. The first-order valence-electron chi connectivity index (χ1n) is 10.3. The summed E-state index contributed by atoms with van der Waals surface area (Å²) in [6, 6.07) is 8.92. The topological polar surface area (TPSA) is 103 Å². The normalized spacial score (nSPS) is 11.2. The monoisotopic (exact) mass is 465 g/mol. The van der Waals surface area contributed by atoms with Crippen LogP contribution in [0.4, 0.5) is 19.7 Å². The molecule has 0 aliphatic carbocycles. The van der Waals surface area contributed by atoms with E-state index in [2.05, 4.69) is 10.6 Å². The molecule has 0 aromatic heterocycles. The number of benzene rings is 2. The van der Waals surface area contributed by atoms with Crippen molar-refractivity contribution in [3.05, 3.63) is 52.8 Å². The second kappa shape index (κ2) is 11.0. The first-order chi connectivity index (χ1) is 15.0. The molecule has 0 bridgehead atoms. The van der Waals surface area contributed by atoms with Crippen LogP contribution in [0.2, 0.25) is 5.02 Å². The summed E-state index contributed by atoms with van der Waals surface area (Å²) in [4.78, 5) is 23.1. The number of urea groups is 1. The SMILES string of the molecule is CCC(CC)NC(=O)Nc1ccc(Oc2ccc(CC(C)(C)OC(N)=O)c(F)c2)c(Cl)c1. The van der Waals surface area contributed by atoms with E-state index in [-0.39, 0.29) is 29.3 Å². The quantitative estimate of drug-likeness (QED) is 0.422. The maximum absolute atomic E-state index is 14.6. The molecule has 174 valence electrons. The average molecular weight is 466 g/mol. The molecular formula is C23H29ClFN3O4. The zero-order chi connectivity index (χ0) is 23.9. The van der Waals surface area contributed by atoms with Gasteiger partial charge in [0, 0.05) is 24.2 Å². The Morgan fingerprint density at radius 1 is 1.16 bits per heavy atom. The minimum absolute atomic E-state index is 0.0962. The van der Waals surface area contributed by atoms with E-state index in [0.717, 1.165) is 12.8 Å². The average Bonchev–Trinajstić information content (AvgIpc) is 2.69. The molecule has 9 heteroatoms. The zero-order valence-electron chi connectivity index (χ0n) is 18.6. The number of halogens is 2. The predicted octanol–water partition coefficient (Wildman–Crippen LogP) is 6.00. The summed E-state index contributed by atoms with van der Waals surface area (Å²) in [7, 11) is 0. The van der Waals surface area contributed by atoms with Gasteiger partial charge < -0.3 is 25.8 Å². The highest BCUT2D eigenvalue weighted by atomic mass is 35.5. The van der Waals surface area contributed by atoms with Crippen LogP contribution in [0, 0.1) is 5.82 Å². The fourth-order valence-corrected chi connectivity index (χ4v) is 3.35. The molecule has 0 saturated carbocycles. The molecule has 0 radical (unpaired) electrons. The van der Waals surface area contributed by atoms with Crippen molar-refractivity contribution >= 4 is 29.4 Å². The number of rotatable bonds is 9. The number of primary amides is 1. The molecule has 3 amide bonds. The molecule has 2 aromatic carbocycles. The minimum atomic E-state index is -0.957. The van der Waals surface area contributed by atoms with Crippen LogP contribution in [0.3, 0.4) is 0 Å². The molecule has 2 rings (SSSR count). The lowest BCUT2D eigenvalue weighted by Gasteiger charge is -2.24. The van der Waals surface area contributed by atoms with Crippen molar-refractivity contribution in [2.24, 2.45) is 5.73 Å². The summed E-state index contributed by atoms with van der Waals surface area (Å²) in [5.41, 5.74) is 4.94. The van der Waals surface area contributed by atoms with E-state index >= 15 is 0 Å². The van der Waals surface area contributed by atoms with E-state index in [9.17, 15) is 14.0 Å². The number of carbonyl (C=O) groups excluding carboxylic acids is 2. The van der Waals surface area contributed by atoms with Crippen molar-refractivity contribution in [2.45, 2.75) is 58.6 Å². The van der Waals surface area contributed by atoms with Crippen LogP contribution in [-0.4, -0.2) is 23.8 Å². The van der Waals surface area contributed by atoms with Gasteiger partial charge in [-0.25, -0.2) is 14.0 Å². The van der Waals surface area contributed by atoms with Crippen molar-refractivity contribution in [1.29, 1.82) is 0 Å². The Morgan fingerprint density at radius 3 is 2.41 bits per heavy atom. The van der Waals surface area contributed by atoms with Gasteiger partial charge in [0.1, 0.15) is 22.9 Å². The standard InChI is InChI=1S/C23H29ClFN3O4/c1-5-15(6-2)27-22(30)28-16-8-10-20(18(24)11-16)31-17-9-7-14(19(25)12-17)13-23(3,4)32-21(26)29/h7-12,15H,5-6,13H2,1-4H3,(H2,26,29)(H2,27,28,30). The molecule has 0 spiro atoms. The largest absolute Gasteiger partial charge is 0.456 e. The Hall–Kier alpha value is -3.00. The number of anilines is 1. The smallest absolute Gasteiger partial charge is 0.405 e. The number of hydrogen-bond acceptors (Lipinski definition) is 4. The lowest BCUT2D eigenvalue weighted by molar-refractivity contribution is 0.0454. The number of hydrogen-bond donors (Lipinski definition) is 3. The summed E-state index contributed by atoms with van der Waals surface area (Å²) in [5.74, 6) is 0.0345. The zero-order valence-corrected chi connectivity index (χ0v) is 19.4. The molecule has 0 saturated heterocycles. The second-order valence-corrected chi connectivity index (χ2v) is 8.38. The lowest BCUT2D eigenvalue weighted by atomic mass is 9.98. The summed E-state index contributed by atoms with van der Waals surface area (Å²) in [6.07, 6.45) is 0.892. The van der Waals surface area contributed by atoms with Gasteiger partial charge >= 0.3 is 12.1 Å². The third kappa shape index (κ3) is 7.60. The predicted molar refractivity (Wildman–Crippen MR) is 123 cm³/mol. The van der Waals surface area contributed by atoms with Crippen LogP contribution in [0.25, 0.3) is 0 Å². The summed E-state index contributed by atoms with van der Waals surface area (Å²) in [5, 5.41) is 5.86. The van der Waals surface area contributed by atoms with Gasteiger partial charge in [0.25, 0.3) is 0 Å². The Bertz CT molecular complexity index is 964. The molecule has 2 aromatic rings. The van der Waals surface area contributed by atoms with E-state index in [1.54, 1.807) is 44.2 Å². The van der Waals surface area contributed by atoms with Crippen molar-refractivity contribution < 1.29 is 23.5 Å². The van der Waals surface area contributed by atoms with Gasteiger partial charge in [0.05, 0.1) is 5.02 Å². The van der Waals surface area contributed by atoms with E-state index in [1.807, 2.05) is 13.8 Å². The molecule has 0 atom stereocenters. The van der Waals surface area contributed by atoms with Crippen molar-refractivity contribution in [2.75, 3.05) is 5.32 Å². The molecule has 4 N–H and O–H groups in total. The van der Waals surface area contributed by atoms with Crippen molar-refractivity contribution in [1.82, 2.24) is 5.32 Å². The van der Waals surface area contributed by atoms with E-state index in [0.29, 0.717) is 17.0 Å². The lowest BCUT2D eigenvalue weighted by Crippen LogP contribution is -2.37. The number of ether oxygens (including phenoxy) is 2. The molecule has 0 aliphatic heterocycles. The highest BCUT2D eigenvalue weighted by molar-refractivity contribution is 6.32. The van der Waals surface area contributed by atoms with Crippen LogP contribution in [0.1, 0.15) is 46.1 Å². The molecule has 0 heterocycles. The molecule has 0 aliphatic rings. The fourth-order valence-electron chi connectivity index (χ4n) is 3.14. The van der Waals surface area contributed by atoms with E-state index in [1.165, 1.54) is 6.07 Å². The van der Waals surface area contributed by atoms with E-state index < -0.39 is 17.5 Å². The van der Waals surface area contributed by atoms with Gasteiger partial charge in [-0.15, -0.1) is 0 Å². The van der Waals surface area contributed by atoms with Crippen LogP contribution in [-0.2, 0) is 11.2 Å². The number of nitrogens with two attached hydrogens (primary N) is 1. The fraction of sp³-hybridized carbons (Fsp3) is 0.391. The minimum Gasteiger partial charge on any atom is -0.456 e. The third-order valence-electron chi connectivity index (χ3n) is 4.76. The van der Waals surface area contributed by atoms with Crippen molar-refractivity contribution in [3.63, 3.8) is 0 Å². The Kier molecular flexibility index (Phi) is 8.72. The highest BCUT2D eigenvalue weighted by Crippen LogP contribution is 2.33. The number of nitrogens with one attached hydrogen (secondary N) is 2. The maximum Gasteiger partial charge on any atom is 0.405 e. The Morgan fingerprint density at radius 2 is 1.84 bits per heavy atom. The van der Waals surface area contributed by atoms with Gasteiger partial charge in [-0.05, 0) is 56.5 Å². The molecule has 0 fully saturated rings. The molecule has 0 unspecified atom stereocenters. The molecule has 32 heavy (non-hydrogen) atoms. The van der Waals surface area contributed by atoms with Gasteiger partial charge in [-0.3, -0.25) is 0 Å². The van der Waals surface area contributed by atoms with Crippen LogP contribution >= 0.6 is 11.6 Å². The Balaban J connectivity index is 2.05. The maximum atomic E-state index is 14.6. The Labute approximate surface area is 192 Å². The van der Waals surface area contributed by atoms with Crippen LogP contribution in [0.15, 0.2) is 36.4 Å². The van der Waals surface area contributed by atoms with Crippen molar-refractivity contribution in [3.8, 4) is 11.5 Å². The van der Waals surface area contributed by atoms with Crippen LogP contribution in [0.5, 0.6) is 11.5 Å². The first kappa shape index (κ1) is 25.3. The van der Waals surface area contributed by atoms with Crippen LogP contribution < -0.4 is 21.1 Å². The highest BCUT2D eigenvalue weighted by Gasteiger charge is 2.24. The van der Waals surface area contributed by atoms with Gasteiger partial charge in [-0.2, -0.15) is 0 Å². The molecule has 7 nitrogen and oxygen atoms in total. The van der Waals surface area contributed by atoms with Gasteiger partial charge in [-0.1, -0.05) is 31.5 Å². The number of carbonyl (C=O) groups is 2. The first-order valence-corrected chi connectivity index (χ1v) is 10.7. The third-order valence-corrected chi connectivity index (χ3v) is 5.05. The summed E-state index contributed by atoms with van der Waals surface area (Å²) < 4.78 is 25.2. The van der Waals surface area contributed by atoms with Gasteiger partial charge in [0.2, 0.25) is 0 Å². The summed E-state index contributed by atoms with van der Waals surface area (Å²) in [6.45, 7) is 7.29. The number of amides is 3.